The van der Waals surface area contributed by atoms with Gasteiger partial charge in [-0.3, -0.25) is 14.4 Å². The first kappa shape index (κ1) is 75.3. The molecule has 0 aliphatic carbocycles. The molecule has 4 heterocycles. The topological polar surface area (TPSA) is 160 Å². The third-order valence-electron chi connectivity index (χ3n) is 10.6. The minimum Gasteiger partial charge on any atom is -1.00 e. The number of carbonyl (C=O) groups excluding carboxylic acids is 3. The number of benzene rings is 5. The normalized spacial score (nSPS) is 12.8. The molecule has 9 rings (SSSR count). The molecule has 0 unspecified atom stereocenters. The molecule has 5 aromatic rings. The molecule has 0 spiro atoms. The summed E-state index contributed by atoms with van der Waals surface area (Å²) in [7, 11) is 0. The predicted octanol–water partition coefficient (Wildman–Crippen LogP) is 5.16. The van der Waals surface area contributed by atoms with Gasteiger partial charge in [-0.25, -0.2) is 6.57 Å². The van der Waals surface area contributed by atoms with Gasteiger partial charge in [-0.15, -0.1) is 0 Å². The molecule has 2 fully saturated rings. The number of carbonyl (C=O) groups is 3. The van der Waals surface area contributed by atoms with Crippen molar-refractivity contribution < 1.29 is 94.5 Å². The number of ether oxygens (including phenoxy) is 2. The summed E-state index contributed by atoms with van der Waals surface area (Å²) in [6, 6.07) is 36.9. The van der Waals surface area contributed by atoms with E-state index in [1.165, 1.54) is 76.9 Å². The van der Waals surface area contributed by atoms with Gasteiger partial charge in [-0.05, 0) is 159 Å². The molecule has 12 nitrogen and oxygen atoms in total. The molecular weight excluding hydrogens is 1300 g/mol. The van der Waals surface area contributed by atoms with Crippen LogP contribution in [0.15, 0.2) is 132 Å². The number of fused-ring (bicyclic) bond motifs is 2. The molecule has 5 aromatic carbocycles. The van der Waals surface area contributed by atoms with E-state index in [0.717, 1.165) is 102 Å². The maximum Gasteiger partial charge on any atom is 1.00 e. The van der Waals surface area contributed by atoms with E-state index in [4.69, 9.17) is 31.8 Å². The zero-order valence-electron chi connectivity index (χ0n) is 44.7. The van der Waals surface area contributed by atoms with E-state index in [0.29, 0.717) is 13.1 Å². The quantitative estimate of drug-likeness (QED) is 0.0658. The van der Waals surface area contributed by atoms with Crippen LogP contribution in [0.4, 0.5) is 0 Å². The van der Waals surface area contributed by atoms with Gasteiger partial charge in [0, 0.05) is 103 Å². The van der Waals surface area contributed by atoms with Crippen molar-refractivity contribution in [2.75, 3.05) is 52.6 Å². The first-order chi connectivity index (χ1) is 34.8. The molecule has 3 radical (unpaired) electrons. The summed E-state index contributed by atoms with van der Waals surface area (Å²) < 4.78 is 15.4. The van der Waals surface area contributed by atoms with Gasteiger partial charge >= 0.3 is 59.1 Å². The zero-order valence-corrected chi connectivity index (χ0v) is 55.6. The Labute approximate surface area is 535 Å². The van der Waals surface area contributed by atoms with Crippen molar-refractivity contribution in [1.82, 2.24) is 15.5 Å². The first-order valence-corrected chi connectivity index (χ1v) is 27.6. The molecule has 2 amide bonds. The number of halogens is 5. The van der Waals surface area contributed by atoms with Gasteiger partial charge in [0.25, 0.3) is 6.47 Å². The number of rotatable bonds is 7. The number of nitrogens with two attached hydrogens (primary N) is 1. The smallest absolute Gasteiger partial charge is 1.00 e. The molecular formula is C55H68BBr5N5Na2O7. The average molecular weight is 1370 g/mol. The minimum atomic E-state index is -0.181. The van der Waals surface area contributed by atoms with Crippen LogP contribution in [0.5, 0.6) is 0 Å². The molecule has 2 saturated heterocycles. The average Bonchev–Trinajstić information content (AvgIpc) is 4.19. The maximum absolute atomic E-state index is 11.2. The van der Waals surface area contributed by atoms with Gasteiger partial charge in [0.05, 0.1) is 0 Å². The minimum absolute atomic E-state index is 0. The predicted molar refractivity (Wildman–Crippen MR) is 310 cm³/mol. The fourth-order valence-corrected chi connectivity index (χ4v) is 8.41. The first-order valence-electron chi connectivity index (χ1n) is 23.7. The van der Waals surface area contributed by atoms with Crippen LogP contribution in [0.3, 0.4) is 0 Å². The Hall–Kier alpha value is -1.74. The van der Waals surface area contributed by atoms with Gasteiger partial charge in [0.1, 0.15) is 0 Å². The SMILES string of the molecule is Brc1ccc2c(c1)CNCC2.C1CCOC1.C1CCOC1.CC(=O)N1CCc2ccc(Br)cc2C1.CC(=O)NCCc1ccc(Br)cc1.NCCc1ccc(Br)cc1.O=CO[O-].[B].[C-]#[N+]Cc1ccc(Br)cc1.[H-].[Na+].[Na+]. The van der Waals surface area contributed by atoms with Gasteiger partial charge in [0.15, 0.2) is 0 Å². The largest absolute Gasteiger partial charge is 1.00 e. The summed E-state index contributed by atoms with van der Waals surface area (Å²) in [5, 5.41) is 14.5. The van der Waals surface area contributed by atoms with Crippen molar-refractivity contribution >= 4 is 106 Å². The van der Waals surface area contributed by atoms with Gasteiger partial charge in [-0.2, -0.15) is 0 Å². The van der Waals surface area contributed by atoms with E-state index in [2.05, 4.69) is 149 Å². The number of hydrogen-bond donors (Lipinski definition) is 3. The maximum atomic E-state index is 11.2. The third kappa shape index (κ3) is 37.7. The van der Waals surface area contributed by atoms with Gasteiger partial charge < -0.3 is 47.2 Å². The summed E-state index contributed by atoms with van der Waals surface area (Å²) >= 11 is 17.0. The van der Waals surface area contributed by atoms with Crippen LogP contribution >= 0.6 is 79.6 Å². The van der Waals surface area contributed by atoms with Crippen LogP contribution < -0.4 is 80.7 Å². The molecule has 395 valence electrons. The molecule has 0 bridgehead atoms. The fourth-order valence-electron chi connectivity index (χ4n) is 6.80. The number of amides is 2. The van der Waals surface area contributed by atoms with E-state index in [1.807, 2.05) is 65.6 Å². The van der Waals surface area contributed by atoms with Crippen molar-refractivity contribution in [2.45, 2.75) is 84.8 Å². The Bertz CT molecular complexity index is 2310. The monoisotopic (exact) mass is 1360 g/mol. The van der Waals surface area contributed by atoms with Crippen LogP contribution in [0.2, 0.25) is 0 Å². The van der Waals surface area contributed by atoms with E-state index in [-0.39, 0.29) is 87.2 Å². The van der Waals surface area contributed by atoms with Crippen molar-refractivity contribution in [2.24, 2.45) is 5.73 Å². The van der Waals surface area contributed by atoms with Gasteiger partial charge in [0.2, 0.25) is 18.4 Å². The molecule has 0 aromatic heterocycles. The summed E-state index contributed by atoms with van der Waals surface area (Å²) in [5.41, 5.74) is 14.5. The summed E-state index contributed by atoms with van der Waals surface area (Å²) in [6.07, 6.45) is 9.10. The second-order valence-corrected chi connectivity index (χ2v) is 20.8. The van der Waals surface area contributed by atoms with Gasteiger partial charge in [-0.1, -0.05) is 128 Å². The molecule has 0 saturated carbocycles. The Balaban J connectivity index is -0.000000816. The van der Waals surface area contributed by atoms with E-state index >= 15 is 0 Å². The number of nitrogens with one attached hydrogen (secondary N) is 2. The van der Waals surface area contributed by atoms with Crippen LogP contribution in [0.1, 0.15) is 79.9 Å². The Kier molecular flexibility index (Phi) is 48.4. The van der Waals surface area contributed by atoms with Crippen molar-refractivity contribution in [1.29, 1.82) is 0 Å². The van der Waals surface area contributed by atoms with Crippen molar-refractivity contribution in [3.05, 3.63) is 182 Å². The third-order valence-corrected chi connectivity index (χ3v) is 13.2. The molecule has 4 N–H and O–H groups in total. The van der Waals surface area contributed by atoms with E-state index in [9.17, 15) is 9.59 Å². The zero-order chi connectivity index (χ0) is 52.8. The molecule has 75 heavy (non-hydrogen) atoms. The Morgan fingerprint density at radius 1 is 0.707 bits per heavy atom. The fraction of sp³-hybridized carbons (Fsp3) is 0.382. The number of nitrogens with zero attached hydrogens (tertiary/aromatic N) is 2. The molecule has 4 aliphatic rings. The summed E-state index contributed by atoms with van der Waals surface area (Å²) in [5.74, 6) is 0.188. The van der Waals surface area contributed by atoms with Crippen LogP contribution in [0, 0.1) is 6.57 Å². The number of hydrogen-bond acceptors (Lipinski definition) is 9. The standard InChI is InChI=1S/C11H12BrNO.C10H12BrNO.C9H10BrN.C8H6BrN.C8H10BrN.2C4H8O.CH2O3.B.2Na.H/c1-8(14)13-5-4-9-2-3-11(12)6-10(9)7-13;1-8(13)12-7-6-9-2-4-10(11)5-3-9;10-9-2-1-7-3-4-11-6-8(7)5-9;1-10-6-7-2-4-8(9)5-3-7;9-8-3-1-7(2-4-8)5-6-10;2*1-2-4-5-3-1;2-1-4-3;;;;/h2-3,6H,4-5,7H2,1H3;2-5H,6-7H2,1H3,(H,12,13);1-2,5,11H,3-4,6H2;2-5H,6H2;1-4H,5-6,10H2;2*1-4H2;1,3H;;;;/q;;;;;;;;;2*+1;-1/p-1. The van der Waals surface area contributed by atoms with Crippen LogP contribution in [0.25, 0.3) is 4.85 Å². The molecule has 0 atom stereocenters. The van der Waals surface area contributed by atoms with Crippen molar-refractivity contribution in [3.63, 3.8) is 0 Å². The van der Waals surface area contributed by atoms with E-state index < -0.39 is 0 Å². The molecule has 20 heteroatoms. The molecule has 4 aliphatic heterocycles. The van der Waals surface area contributed by atoms with Crippen LogP contribution in [-0.4, -0.2) is 84.2 Å². The van der Waals surface area contributed by atoms with Crippen molar-refractivity contribution in [3.8, 4) is 0 Å². The Morgan fingerprint density at radius 2 is 1.13 bits per heavy atom. The Morgan fingerprint density at radius 3 is 1.53 bits per heavy atom. The second-order valence-electron chi connectivity index (χ2n) is 16.2. The summed E-state index contributed by atoms with van der Waals surface area (Å²) in [4.78, 5) is 38.2. The summed E-state index contributed by atoms with van der Waals surface area (Å²) in [6.45, 7) is 19.2. The second kappa shape index (κ2) is 48.2. The van der Waals surface area contributed by atoms with E-state index in [1.54, 1.807) is 6.92 Å². The van der Waals surface area contributed by atoms with Crippen LogP contribution in [-0.2, 0) is 74.1 Å².